The zero-order valence-electron chi connectivity index (χ0n) is 19.8. The topological polar surface area (TPSA) is 92.0 Å². The lowest BCUT2D eigenvalue weighted by Gasteiger charge is -2.36. The number of ketones is 1. The van der Waals surface area contributed by atoms with Crippen molar-refractivity contribution in [3.05, 3.63) is 87.2 Å². The number of benzene rings is 2. The molecule has 0 bridgehead atoms. The molecule has 3 atom stereocenters. The molecule has 5 rings (SSSR count). The minimum absolute atomic E-state index is 0.111. The highest BCUT2D eigenvalue weighted by Gasteiger charge is 2.42. The quantitative estimate of drug-likeness (QED) is 0.391. The van der Waals surface area contributed by atoms with E-state index in [9.17, 15) is 14.4 Å². The first-order valence-corrected chi connectivity index (χ1v) is 11.7. The SMILES string of the molecule is Cc1cc(C)c(C)c(OC2=COC3CC(OC(=O)c4cc5ccccc5oc4=O)CCC3C2=O)c1. The van der Waals surface area contributed by atoms with E-state index in [2.05, 4.69) is 6.07 Å². The van der Waals surface area contributed by atoms with Crippen LogP contribution in [0.4, 0.5) is 0 Å². The lowest BCUT2D eigenvalue weighted by atomic mass is 9.80. The summed E-state index contributed by atoms with van der Waals surface area (Å²) in [6.45, 7) is 5.94. The van der Waals surface area contributed by atoms with Crippen LogP contribution in [0.1, 0.15) is 46.3 Å². The molecule has 1 saturated carbocycles. The molecular formula is C28H26O7. The van der Waals surface area contributed by atoms with Crippen molar-refractivity contribution in [2.45, 2.75) is 52.2 Å². The maximum absolute atomic E-state index is 13.1. The predicted octanol–water partition coefficient (Wildman–Crippen LogP) is 4.93. The minimum Gasteiger partial charge on any atom is -0.493 e. The van der Waals surface area contributed by atoms with Crippen LogP contribution in [0.15, 0.2) is 63.7 Å². The van der Waals surface area contributed by atoms with Gasteiger partial charge in [0.25, 0.3) is 0 Å². The van der Waals surface area contributed by atoms with Crippen molar-refractivity contribution in [2.24, 2.45) is 5.92 Å². The van der Waals surface area contributed by atoms with Gasteiger partial charge in [-0.2, -0.15) is 0 Å². The molecule has 1 aliphatic carbocycles. The van der Waals surface area contributed by atoms with Crippen LogP contribution < -0.4 is 10.4 Å². The van der Waals surface area contributed by atoms with Gasteiger partial charge in [-0.05, 0) is 68.5 Å². The van der Waals surface area contributed by atoms with Crippen molar-refractivity contribution in [3.8, 4) is 5.75 Å². The molecule has 0 radical (unpaired) electrons. The third-order valence-electron chi connectivity index (χ3n) is 6.79. The van der Waals surface area contributed by atoms with Gasteiger partial charge < -0.3 is 18.6 Å². The number of hydrogen-bond donors (Lipinski definition) is 0. The second-order valence-electron chi connectivity index (χ2n) is 9.26. The summed E-state index contributed by atoms with van der Waals surface area (Å²) in [4.78, 5) is 38.1. The van der Waals surface area contributed by atoms with Crippen molar-refractivity contribution in [3.63, 3.8) is 0 Å². The molecule has 3 unspecified atom stereocenters. The van der Waals surface area contributed by atoms with E-state index in [4.69, 9.17) is 18.6 Å². The molecule has 0 spiro atoms. The number of Topliss-reactive ketones (excluding diaryl/α,β-unsaturated/α-hetero) is 1. The molecule has 180 valence electrons. The molecule has 0 N–H and O–H groups in total. The maximum atomic E-state index is 13.1. The van der Waals surface area contributed by atoms with E-state index >= 15 is 0 Å². The molecule has 3 aromatic rings. The third kappa shape index (κ3) is 4.46. The highest BCUT2D eigenvalue weighted by atomic mass is 16.6. The molecule has 2 aromatic carbocycles. The Morgan fingerprint density at radius 1 is 1.03 bits per heavy atom. The molecule has 1 aliphatic heterocycles. The molecule has 2 aliphatic rings. The number of para-hydroxylation sites is 1. The lowest BCUT2D eigenvalue weighted by molar-refractivity contribution is -0.132. The van der Waals surface area contributed by atoms with E-state index in [0.717, 1.165) is 16.7 Å². The molecule has 1 aromatic heterocycles. The number of carbonyl (C=O) groups is 2. The molecule has 1 fully saturated rings. The van der Waals surface area contributed by atoms with Crippen molar-refractivity contribution >= 4 is 22.7 Å². The van der Waals surface area contributed by atoms with E-state index in [0.29, 0.717) is 36.0 Å². The Bertz CT molecular complexity index is 1410. The van der Waals surface area contributed by atoms with Crippen LogP contribution in [0, 0.1) is 26.7 Å². The Labute approximate surface area is 202 Å². The zero-order valence-corrected chi connectivity index (χ0v) is 19.8. The molecule has 7 heteroatoms. The Morgan fingerprint density at radius 2 is 1.83 bits per heavy atom. The standard InChI is InChI=1S/C28H26O7/c1-15-10-16(2)17(3)23(11-15)34-25-14-32-24-13-19(8-9-20(24)26(25)29)33-27(30)21-12-18-6-4-5-7-22(18)35-28(21)31/h4-7,10-12,14,19-20,24H,8-9,13H2,1-3H3. The highest BCUT2D eigenvalue weighted by Crippen LogP contribution is 2.36. The summed E-state index contributed by atoms with van der Waals surface area (Å²) in [7, 11) is 0. The minimum atomic E-state index is -0.738. The largest absolute Gasteiger partial charge is 0.493 e. The van der Waals surface area contributed by atoms with Crippen LogP contribution in [-0.4, -0.2) is 24.0 Å². The summed E-state index contributed by atoms with van der Waals surface area (Å²) in [5.74, 6) is -0.397. The van der Waals surface area contributed by atoms with Crippen molar-refractivity contribution in [1.82, 2.24) is 0 Å². The van der Waals surface area contributed by atoms with E-state index in [1.54, 1.807) is 24.3 Å². The number of allylic oxidation sites excluding steroid dienone is 1. The van der Waals surface area contributed by atoms with Crippen LogP contribution in [-0.2, 0) is 14.3 Å². The average Bonchev–Trinajstić information content (AvgIpc) is 2.83. The Morgan fingerprint density at radius 3 is 2.66 bits per heavy atom. The van der Waals surface area contributed by atoms with Gasteiger partial charge in [-0.25, -0.2) is 9.59 Å². The van der Waals surface area contributed by atoms with E-state index in [1.807, 2.05) is 26.8 Å². The summed E-state index contributed by atoms with van der Waals surface area (Å²) in [6, 6.07) is 12.4. The van der Waals surface area contributed by atoms with Gasteiger partial charge in [-0.3, -0.25) is 4.79 Å². The summed E-state index contributed by atoms with van der Waals surface area (Å²) in [5, 5.41) is 0.640. The third-order valence-corrected chi connectivity index (χ3v) is 6.79. The van der Waals surface area contributed by atoms with E-state index in [-0.39, 0.29) is 23.0 Å². The van der Waals surface area contributed by atoms with Crippen LogP contribution in [0.5, 0.6) is 5.75 Å². The zero-order chi connectivity index (χ0) is 24.7. The van der Waals surface area contributed by atoms with Crippen molar-refractivity contribution < 1.29 is 28.2 Å². The number of aryl methyl sites for hydroxylation is 2. The van der Waals surface area contributed by atoms with Gasteiger partial charge in [0.2, 0.25) is 11.5 Å². The fourth-order valence-electron chi connectivity index (χ4n) is 4.76. The second kappa shape index (κ2) is 9.06. The summed E-state index contributed by atoms with van der Waals surface area (Å²) in [5.41, 5.74) is 2.63. The number of carbonyl (C=O) groups excluding carboxylic acids is 2. The lowest BCUT2D eigenvalue weighted by Crippen LogP contribution is -2.43. The van der Waals surface area contributed by atoms with E-state index < -0.39 is 23.8 Å². The second-order valence-corrected chi connectivity index (χ2v) is 9.26. The average molecular weight is 475 g/mol. The molecule has 0 saturated heterocycles. The van der Waals surface area contributed by atoms with Gasteiger partial charge in [-0.15, -0.1) is 0 Å². The molecule has 7 nitrogen and oxygen atoms in total. The molecule has 0 amide bonds. The van der Waals surface area contributed by atoms with Gasteiger partial charge in [-0.1, -0.05) is 24.3 Å². The van der Waals surface area contributed by atoms with Crippen molar-refractivity contribution in [1.29, 1.82) is 0 Å². The number of rotatable bonds is 4. The molecular weight excluding hydrogens is 448 g/mol. The molecule has 35 heavy (non-hydrogen) atoms. The number of fused-ring (bicyclic) bond motifs is 2. The summed E-state index contributed by atoms with van der Waals surface area (Å²) < 4.78 is 22.7. The predicted molar refractivity (Wildman–Crippen MR) is 128 cm³/mol. The van der Waals surface area contributed by atoms with Gasteiger partial charge in [0.15, 0.2) is 0 Å². The number of ether oxygens (including phenoxy) is 3. The first kappa shape index (κ1) is 22.9. The van der Waals surface area contributed by atoms with E-state index in [1.165, 1.54) is 12.3 Å². The van der Waals surface area contributed by atoms with Gasteiger partial charge >= 0.3 is 11.6 Å². The summed E-state index contributed by atoms with van der Waals surface area (Å²) in [6.07, 6.45) is 1.79. The normalized spacial score (nSPS) is 21.6. The van der Waals surface area contributed by atoms with Crippen LogP contribution in [0.2, 0.25) is 0 Å². The van der Waals surface area contributed by atoms with Gasteiger partial charge in [0, 0.05) is 11.8 Å². The van der Waals surface area contributed by atoms with Crippen molar-refractivity contribution in [2.75, 3.05) is 0 Å². The highest BCUT2D eigenvalue weighted by molar-refractivity contribution is 5.97. The number of esters is 1. The fraction of sp³-hybridized carbons (Fsp3) is 0.321. The molecule has 2 heterocycles. The monoisotopic (exact) mass is 474 g/mol. The Balaban J connectivity index is 1.27. The van der Waals surface area contributed by atoms with Gasteiger partial charge in [0.05, 0.1) is 5.92 Å². The first-order chi connectivity index (χ1) is 16.8. The Hall–Kier alpha value is -3.87. The van der Waals surface area contributed by atoms with Crippen LogP contribution in [0.25, 0.3) is 11.0 Å². The van der Waals surface area contributed by atoms with Gasteiger partial charge in [0.1, 0.15) is 35.4 Å². The smallest absolute Gasteiger partial charge is 0.351 e. The summed E-state index contributed by atoms with van der Waals surface area (Å²) >= 11 is 0. The Kier molecular flexibility index (Phi) is 5.93. The number of hydrogen-bond acceptors (Lipinski definition) is 7. The maximum Gasteiger partial charge on any atom is 0.351 e. The first-order valence-electron chi connectivity index (χ1n) is 11.7. The fourth-order valence-corrected chi connectivity index (χ4v) is 4.76. The van der Waals surface area contributed by atoms with Crippen LogP contribution in [0.3, 0.4) is 0 Å². The van der Waals surface area contributed by atoms with Crippen LogP contribution >= 0.6 is 0 Å².